The molecule has 0 unspecified atom stereocenters. The van der Waals surface area contributed by atoms with Crippen molar-refractivity contribution in [1.29, 1.82) is 0 Å². The average Bonchev–Trinajstić information content (AvgIpc) is 2.09. The number of benzene rings is 1. The largest absolute Gasteiger partial charge is 0.308 e. The van der Waals surface area contributed by atoms with Crippen molar-refractivity contribution in [3.05, 3.63) is 46.5 Å². The van der Waals surface area contributed by atoms with Gasteiger partial charge in [-0.1, -0.05) is 28.6 Å². The Morgan fingerprint density at radius 2 is 1.93 bits per heavy atom. The fraction of sp³-hybridized carbons (Fsp3) is 0.200. The third kappa shape index (κ3) is 3.20. The smallest absolute Gasteiger partial charge is 0.130 e. The van der Waals surface area contributed by atoms with Gasteiger partial charge in [-0.15, -0.1) is 0 Å². The number of hydrogen-bond donors (Lipinski definition) is 1. The second-order valence-electron chi connectivity index (χ2n) is 2.82. The molecular weight excluding hydrogens is 252 g/mol. The van der Waals surface area contributed by atoms with Gasteiger partial charge in [-0.25, -0.2) is 8.78 Å². The van der Waals surface area contributed by atoms with Crippen LogP contribution >= 0.6 is 15.9 Å². The number of hydrogen-bond acceptors (Lipinski definition) is 1. The lowest BCUT2D eigenvalue weighted by Gasteiger charge is -2.05. The van der Waals surface area contributed by atoms with Crippen LogP contribution in [0.5, 0.6) is 0 Å². The van der Waals surface area contributed by atoms with Crippen molar-refractivity contribution in [3.8, 4) is 0 Å². The summed E-state index contributed by atoms with van der Waals surface area (Å²) in [5, 5.41) is 2.86. The molecule has 0 aliphatic carbocycles. The Morgan fingerprint density at radius 3 is 2.43 bits per heavy atom. The normalized spacial score (nSPS) is 10.2. The molecule has 0 fully saturated rings. The zero-order chi connectivity index (χ0) is 10.6. The Kier molecular flexibility index (Phi) is 4.22. The van der Waals surface area contributed by atoms with E-state index < -0.39 is 11.6 Å². The van der Waals surface area contributed by atoms with Crippen LogP contribution in [0.25, 0.3) is 0 Å². The van der Waals surface area contributed by atoms with Crippen LogP contribution in [0.3, 0.4) is 0 Å². The summed E-state index contributed by atoms with van der Waals surface area (Å²) in [6, 6.07) is 3.82. The zero-order valence-corrected chi connectivity index (χ0v) is 9.07. The first-order valence-corrected chi connectivity index (χ1v) is 4.87. The summed E-state index contributed by atoms with van der Waals surface area (Å²) < 4.78 is 26.9. The van der Waals surface area contributed by atoms with Crippen LogP contribution in [0.4, 0.5) is 8.78 Å². The molecule has 0 bridgehead atoms. The summed E-state index contributed by atoms with van der Waals surface area (Å²) in [7, 11) is 0. The summed E-state index contributed by atoms with van der Waals surface area (Å²) in [5.41, 5.74) is 0.0567. The molecule has 0 amide bonds. The van der Waals surface area contributed by atoms with Gasteiger partial charge in [0.15, 0.2) is 0 Å². The molecule has 0 saturated heterocycles. The Balaban J connectivity index is 2.62. The third-order valence-electron chi connectivity index (χ3n) is 1.68. The molecule has 0 atom stereocenters. The SMILES string of the molecule is C=C(Br)CNCc1c(F)cccc1F. The van der Waals surface area contributed by atoms with E-state index in [1.165, 1.54) is 18.2 Å². The van der Waals surface area contributed by atoms with E-state index in [1.807, 2.05) is 0 Å². The van der Waals surface area contributed by atoms with Crippen molar-refractivity contribution >= 4 is 15.9 Å². The summed E-state index contributed by atoms with van der Waals surface area (Å²) >= 11 is 3.14. The molecule has 14 heavy (non-hydrogen) atoms. The lowest BCUT2D eigenvalue weighted by atomic mass is 10.2. The monoisotopic (exact) mass is 261 g/mol. The van der Waals surface area contributed by atoms with Crippen molar-refractivity contribution in [2.45, 2.75) is 6.54 Å². The molecule has 0 radical (unpaired) electrons. The molecule has 1 rings (SSSR count). The van der Waals surface area contributed by atoms with Gasteiger partial charge in [0.25, 0.3) is 0 Å². The predicted octanol–water partition coefficient (Wildman–Crippen LogP) is 2.96. The van der Waals surface area contributed by atoms with E-state index in [9.17, 15) is 8.78 Å². The van der Waals surface area contributed by atoms with Crippen molar-refractivity contribution in [1.82, 2.24) is 5.32 Å². The van der Waals surface area contributed by atoms with E-state index in [0.29, 0.717) is 6.54 Å². The predicted molar refractivity (Wildman–Crippen MR) is 56.1 cm³/mol. The summed E-state index contributed by atoms with van der Waals surface area (Å²) in [5.74, 6) is -1.06. The molecule has 0 spiro atoms. The molecule has 76 valence electrons. The minimum absolute atomic E-state index is 0.0567. The van der Waals surface area contributed by atoms with Gasteiger partial charge >= 0.3 is 0 Å². The van der Waals surface area contributed by atoms with Gasteiger partial charge in [-0.3, -0.25) is 0 Å². The number of halogens is 3. The third-order valence-corrected chi connectivity index (χ3v) is 1.96. The lowest BCUT2D eigenvalue weighted by molar-refractivity contribution is 0.542. The van der Waals surface area contributed by atoms with Crippen molar-refractivity contribution in [2.75, 3.05) is 6.54 Å². The van der Waals surface area contributed by atoms with Crippen LogP contribution in [-0.2, 0) is 6.54 Å². The Hall–Kier alpha value is -0.740. The minimum atomic E-state index is -0.530. The van der Waals surface area contributed by atoms with E-state index >= 15 is 0 Å². The first-order chi connectivity index (χ1) is 6.61. The molecule has 0 aliphatic heterocycles. The van der Waals surface area contributed by atoms with Crippen LogP contribution in [0.1, 0.15) is 5.56 Å². The van der Waals surface area contributed by atoms with Gasteiger partial charge in [0, 0.05) is 23.1 Å². The van der Waals surface area contributed by atoms with Gasteiger partial charge in [0.2, 0.25) is 0 Å². The molecule has 0 aliphatic rings. The maximum atomic E-state index is 13.1. The highest BCUT2D eigenvalue weighted by Gasteiger charge is 2.06. The number of nitrogens with one attached hydrogen (secondary N) is 1. The van der Waals surface area contributed by atoms with E-state index in [-0.39, 0.29) is 12.1 Å². The van der Waals surface area contributed by atoms with Crippen LogP contribution in [0.2, 0.25) is 0 Å². The Morgan fingerprint density at radius 1 is 1.36 bits per heavy atom. The first-order valence-electron chi connectivity index (χ1n) is 4.08. The first kappa shape index (κ1) is 11.3. The zero-order valence-electron chi connectivity index (χ0n) is 7.49. The van der Waals surface area contributed by atoms with Gasteiger partial charge in [0.1, 0.15) is 11.6 Å². The molecule has 1 nitrogen and oxygen atoms in total. The van der Waals surface area contributed by atoms with E-state index in [1.54, 1.807) is 0 Å². The average molecular weight is 262 g/mol. The maximum absolute atomic E-state index is 13.1. The van der Waals surface area contributed by atoms with Gasteiger partial charge in [-0.05, 0) is 12.1 Å². The van der Waals surface area contributed by atoms with Gasteiger partial charge in [-0.2, -0.15) is 0 Å². The lowest BCUT2D eigenvalue weighted by Crippen LogP contribution is -2.16. The summed E-state index contributed by atoms with van der Waals surface area (Å²) in [6.07, 6.45) is 0. The van der Waals surface area contributed by atoms with E-state index in [4.69, 9.17) is 0 Å². The molecule has 4 heteroatoms. The standard InChI is InChI=1S/C10H10BrF2N/c1-7(11)5-14-6-8-9(12)3-2-4-10(8)13/h2-4,14H,1,5-6H2. The van der Waals surface area contributed by atoms with E-state index in [0.717, 1.165) is 4.48 Å². The Labute approximate surface area is 90.0 Å². The molecule has 0 aromatic heterocycles. The van der Waals surface area contributed by atoms with Crippen molar-refractivity contribution in [2.24, 2.45) is 0 Å². The van der Waals surface area contributed by atoms with Crippen molar-refractivity contribution < 1.29 is 8.78 Å². The summed E-state index contributed by atoms with van der Waals surface area (Å²) in [6.45, 7) is 4.23. The summed E-state index contributed by atoms with van der Waals surface area (Å²) in [4.78, 5) is 0. The second-order valence-corrected chi connectivity index (χ2v) is 3.94. The molecule has 1 N–H and O–H groups in total. The topological polar surface area (TPSA) is 12.0 Å². The van der Waals surface area contributed by atoms with Crippen LogP contribution < -0.4 is 5.32 Å². The fourth-order valence-electron chi connectivity index (χ4n) is 1.02. The quantitative estimate of drug-likeness (QED) is 0.879. The maximum Gasteiger partial charge on any atom is 0.130 e. The fourth-order valence-corrected chi connectivity index (χ4v) is 1.22. The van der Waals surface area contributed by atoms with Crippen LogP contribution in [0, 0.1) is 11.6 Å². The van der Waals surface area contributed by atoms with Gasteiger partial charge in [0.05, 0.1) is 0 Å². The van der Waals surface area contributed by atoms with Crippen LogP contribution in [-0.4, -0.2) is 6.54 Å². The van der Waals surface area contributed by atoms with E-state index in [2.05, 4.69) is 27.8 Å². The molecule has 1 aromatic rings. The highest BCUT2D eigenvalue weighted by molar-refractivity contribution is 9.11. The molecule has 0 heterocycles. The van der Waals surface area contributed by atoms with Crippen LogP contribution in [0.15, 0.2) is 29.3 Å². The second kappa shape index (κ2) is 5.22. The minimum Gasteiger partial charge on any atom is -0.308 e. The van der Waals surface area contributed by atoms with Gasteiger partial charge < -0.3 is 5.32 Å². The number of rotatable bonds is 4. The Bertz CT molecular complexity index is 319. The molecular formula is C10H10BrF2N. The highest BCUT2D eigenvalue weighted by Crippen LogP contribution is 2.11. The highest BCUT2D eigenvalue weighted by atomic mass is 79.9. The molecule has 0 saturated carbocycles. The van der Waals surface area contributed by atoms with Crippen molar-refractivity contribution in [3.63, 3.8) is 0 Å². The molecule has 1 aromatic carbocycles.